The maximum Gasteiger partial charge on any atom is 0.229 e. The monoisotopic (exact) mass is 461 g/mol. The van der Waals surface area contributed by atoms with E-state index in [0.717, 1.165) is 13.1 Å². The number of fused-ring (bicyclic) bond motifs is 2. The van der Waals surface area contributed by atoms with Crippen molar-refractivity contribution in [3.63, 3.8) is 0 Å². The molecule has 0 aromatic heterocycles. The summed E-state index contributed by atoms with van der Waals surface area (Å²) in [6, 6.07) is 9.73. The van der Waals surface area contributed by atoms with Crippen LogP contribution in [-0.4, -0.2) is 44.3 Å². The Kier molecular flexibility index (Phi) is 5.36. The molecule has 1 aromatic rings. The van der Waals surface area contributed by atoms with Crippen molar-refractivity contribution in [2.75, 3.05) is 49.1 Å². The molecule has 0 unspecified atom stereocenters. The number of rotatable bonds is 2. The minimum absolute atomic E-state index is 0.0602. The van der Waals surface area contributed by atoms with Gasteiger partial charge in [0.15, 0.2) is 5.69 Å². The summed E-state index contributed by atoms with van der Waals surface area (Å²) < 4.78 is 3.92. The molecule has 4 nitrogen and oxygen atoms in total. The molecule has 4 heterocycles. The first-order valence-electron chi connectivity index (χ1n) is 13.0. The minimum atomic E-state index is 0.0602. The van der Waals surface area contributed by atoms with Crippen molar-refractivity contribution < 1.29 is 0 Å². The van der Waals surface area contributed by atoms with Crippen molar-refractivity contribution in [3.8, 4) is 10.6 Å². The van der Waals surface area contributed by atoms with Gasteiger partial charge in [-0.15, -0.1) is 11.3 Å². The molecule has 0 atom stereocenters. The van der Waals surface area contributed by atoms with Crippen LogP contribution in [0.1, 0.15) is 64.9 Å². The van der Waals surface area contributed by atoms with Crippen molar-refractivity contribution in [3.05, 3.63) is 35.2 Å². The van der Waals surface area contributed by atoms with Crippen LogP contribution in [0.2, 0.25) is 0 Å². The van der Waals surface area contributed by atoms with Crippen molar-refractivity contribution in [2.24, 2.45) is 0 Å². The quantitative estimate of drug-likeness (QED) is 0.373. The average Bonchev–Trinajstić information content (AvgIpc) is 3.57. The maximum absolute atomic E-state index is 5.46. The predicted molar refractivity (Wildman–Crippen MR) is 142 cm³/mol. The summed E-state index contributed by atoms with van der Waals surface area (Å²) in [6.45, 7) is 14.1. The van der Waals surface area contributed by atoms with E-state index in [1.807, 2.05) is 11.3 Å². The summed E-state index contributed by atoms with van der Waals surface area (Å²) in [6.07, 6.45) is 7.81. The van der Waals surface area contributed by atoms with Crippen LogP contribution in [0.3, 0.4) is 0 Å². The van der Waals surface area contributed by atoms with Gasteiger partial charge in [0.05, 0.1) is 15.1 Å². The second kappa shape index (κ2) is 8.26. The first kappa shape index (κ1) is 21.4. The molecule has 174 valence electrons. The molecular weight excluding hydrogens is 424 g/mol. The van der Waals surface area contributed by atoms with E-state index in [1.54, 1.807) is 0 Å². The van der Waals surface area contributed by atoms with E-state index in [-0.39, 0.29) is 5.41 Å². The Morgan fingerprint density at radius 1 is 0.788 bits per heavy atom. The molecule has 1 aromatic carbocycles. The van der Waals surface area contributed by atoms with Gasteiger partial charge in [-0.1, -0.05) is 20.8 Å². The smallest absolute Gasteiger partial charge is 0.229 e. The molecule has 5 heteroatoms. The van der Waals surface area contributed by atoms with Crippen LogP contribution in [0.25, 0.3) is 20.8 Å². The van der Waals surface area contributed by atoms with E-state index < -0.39 is 0 Å². The van der Waals surface area contributed by atoms with E-state index >= 15 is 0 Å². The maximum atomic E-state index is 5.46. The van der Waals surface area contributed by atoms with E-state index in [0.29, 0.717) is 0 Å². The first-order valence-corrected chi connectivity index (χ1v) is 13.8. The normalized spacial score (nSPS) is 19.5. The molecule has 0 amide bonds. The van der Waals surface area contributed by atoms with Gasteiger partial charge in [0, 0.05) is 56.5 Å². The average molecular weight is 462 g/mol. The topological polar surface area (TPSA) is 22.4 Å². The van der Waals surface area contributed by atoms with Crippen LogP contribution < -0.4 is 19.7 Å². The van der Waals surface area contributed by atoms with Gasteiger partial charge in [0.2, 0.25) is 5.36 Å². The molecule has 0 N–H and O–H groups in total. The highest BCUT2D eigenvalue weighted by Crippen LogP contribution is 2.40. The van der Waals surface area contributed by atoms with Crippen LogP contribution in [0.4, 0.5) is 11.4 Å². The highest BCUT2D eigenvalue weighted by atomic mass is 32.1. The van der Waals surface area contributed by atoms with Crippen LogP contribution >= 0.6 is 11.3 Å². The molecule has 6 rings (SSSR count). The van der Waals surface area contributed by atoms with Gasteiger partial charge < -0.3 is 9.80 Å². The molecule has 3 fully saturated rings. The van der Waals surface area contributed by atoms with Gasteiger partial charge in [-0.2, -0.15) is 0 Å². The molecule has 4 aliphatic heterocycles. The Balaban J connectivity index is 1.64. The number of hydrogen-bond donors (Lipinski definition) is 0. The summed E-state index contributed by atoms with van der Waals surface area (Å²) in [5.41, 5.74) is 6.64. The van der Waals surface area contributed by atoms with Crippen molar-refractivity contribution >= 4 is 32.9 Å². The molecule has 1 aliphatic carbocycles. The Labute approximate surface area is 201 Å². The number of hydrogen-bond acceptors (Lipinski definition) is 4. The van der Waals surface area contributed by atoms with Gasteiger partial charge in [-0.25, -0.2) is 9.56 Å². The van der Waals surface area contributed by atoms with Crippen LogP contribution in [0, 0.1) is 0 Å². The number of nitrogens with zero attached hydrogens (tertiary/aromatic N) is 4. The zero-order chi connectivity index (χ0) is 22.6. The van der Waals surface area contributed by atoms with Crippen LogP contribution in [0.15, 0.2) is 24.3 Å². The number of aromatic nitrogens is 1. The van der Waals surface area contributed by atoms with Gasteiger partial charge in [0.1, 0.15) is 13.1 Å². The number of anilines is 2. The van der Waals surface area contributed by atoms with Crippen LogP contribution in [-0.2, 0) is 5.41 Å². The largest absolute Gasteiger partial charge is 0.371 e. The molecule has 0 bridgehead atoms. The molecular formula is C28H37N4S+. The third-order valence-corrected chi connectivity index (χ3v) is 8.80. The molecule has 0 spiro atoms. The second-order valence-corrected chi connectivity index (χ2v) is 12.3. The van der Waals surface area contributed by atoms with E-state index in [9.17, 15) is 0 Å². The van der Waals surface area contributed by atoms with Gasteiger partial charge in [-0.3, -0.25) is 0 Å². The Morgan fingerprint density at radius 2 is 1.39 bits per heavy atom. The lowest BCUT2D eigenvalue weighted by molar-refractivity contribution is 0.594. The summed E-state index contributed by atoms with van der Waals surface area (Å²) in [5.74, 6) is 0. The van der Waals surface area contributed by atoms with E-state index in [1.165, 1.54) is 108 Å². The zero-order valence-corrected chi connectivity index (χ0v) is 21.3. The van der Waals surface area contributed by atoms with E-state index in [4.69, 9.17) is 4.98 Å². The van der Waals surface area contributed by atoms with Crippen molar-refractivity contribution in [2.45, 2.75) is 64.7 Å². The molecule has 33 heavy (non-hydrogen) atoms. The Bertz CT molecular complexity index is 1220. The second-order valence-electron chi connectivity index (χ2n) is 11.2. The summed E-state index contributed by atoms with van der Waals surface area (Å²) in [5, 5.41) is 1.36. The summed E-state index contributed by atoms with van der Waals surface area (Å²) in [7, 11) is 0. The zero-order valence-electron chi connectivity index (χ0n) is 20.5. The highest BCUT2D eigenvalue weighted by molar-refractivity contribution is 7.21. The first-order chi connectivity index (χ1) is 16.0. The lowest BCUT2D eigenvalue weighted by Gasteiger charge is -2.26. The van der Waals surface area contributed by atoms with Crippen LogP contribution in [0.5, 0.6) is 0 Å². The lowest BCUT2D eigenvalue weighted by Crippen LogP contribution is -2.31. The third-order valence-electron chi connectivity index (χ3n) is 7.74. The Morgan fingerprint density at radius 3 is 2.00 bits per heavy atom. The van der Waals surface area contributed by atoms with Gasteiger partial charge in [-0.05, 0) is 54.9 Å². The fourth-order valence-electron chi connectivity index (χ4n) is 5.87. The SMILES string of the molecule is CC(C)(C)c1cc(N2CCCC2)cc2sc3cc(N4CCCC4)cc(=[N+]4CCCC4)c-3nc12. The summed E-state index contributed by atoms with van der Waals surface area (Å²) >= 11 is 1.96. The Hall–Kier alpha value is -2.14. The summed E-state index contributed by atoms with van der Waals surface area (Å²) in [4.78, 5) is 11.9. The third kappa shape index (κ3) is 3.92. The van der Waals surface area contributed by atoms with E-state index in [2.05, 4.69) is 59.4 Å². The van der Waals surface area contributed by atoms with Crippen molar-refractivity contribution in [1.29, 1.82) is 0 Å². The standard InChI is InChI=1S/C28H37N4S/c1-28(2,3)22-16-20(30-10-4-5-11-30)18-24-26(22)29-27-23(32-14-8-9-15-32)17-21(19-25(27)33-24)31-12-6-7-13-31/h16-19H,4-15H2,1-3H3/q+1. The predicted octanol–water partition coefficient (Wildman–Crippen LogP) is 5.47. The number of benzene rings is 2. The lowest BCUT2D eigenvalue weighted by atomic mass is 9.86. The fourth-order valence-corrected chi connectivity index (χ4v) is 6.97. The molecule has 5 aliphatic rings. The minimum Gasteiger partial charge on any atom is -0.371 e. The van der Waals surface area contributed by atoms with Gasteiger partial charge >= 0.3 is 0 Å². The van der Waals surface area contributed by atoms with Crippen molar-refractivity contribution in [1.82, 2.24) is 9.56 Å². The molecule has 0 saturated carbocycles. The van der Waals surface area contributed by atoms with Gasteiger partial charge in [0.25, 0.3) is 0 Å². The molecule has 3 saturated heterocycles. The highest BCUT2D eigenvalue weighted by Gasteiger charge is 2.27. The fraction of sp³-hybridized carbons (Fsp3) is 0.571. The molecule has 0 radical (unpaired) electrons.